The topological polar surface area (TPSA) is 92.2 Å². The molecule has 2 aromatic carbocycles. The van der Waals surface area contributed by atoms with Crippen molar-refractivity contribution in [3.05, 3.63) is 77.9 Å². The van der Waals surface area contributed by atoms with Crippen LogP contribution in [0.25, 0.3) is 0 Å². The van der Waals surface area contributed by atoms with E-state index < -0.39 is 5.54 Å². The third kappa shape index (κ3) is 6.18. The third-order valence-electron chi connectivity index (χ3n) is 5.20. The Labute approximate surface area is 189 Å². The molecule has 3 N–H and O–H groups in total. The van der Waals surface area contributed by atoms with Crippen LogP contribution in [-0.4, -0.2) is 48.8 Å². The predicted molar refractivity (Wildman–Crippen MR) is 125 cm³/mol. The number of nitrogens with one attached hydrogen (secondary N) is 2. The molecule has 0 spiro atoms. The lowest BCUT2D eigenvalue weighted by Gasteiger charge is -2.21. The zero-order chi connectivity index (χ0) is 22.8. The molecule has 1 aliphatic heterocycles. The minimum atomic E-state index is -1.05. The van der Waals surface area contributed by atoms with Crippen molar-refractivity contribution in [3.8, 4) is 5.75 Å². The van der Waals surface area contributed by atoms with Gasteiger partial charge < -0.3 is 14.6 Å². The summed E-state index contributed by atoms with van der Waals surface area (Å²) in [5.41, 5.74) is 7.92. The minimum Gasteiger partial charge on any atom is -0.494 e. The Morgan fingerprint density at radius 1 is 1.25 bits per heavy atom. The van der Waals surface area contributed by atoms with Gasteiger partial charge in [0.25, 0.3) is 5.91 Å². The van der Waals surface area contributed by atoms with E-state index in [4.69, 9.17) is 14.6 Å². The highest BCUT2D eigenvalue weighted by atomic mass is 16.5. The van der Waals surface area contributed by atoms with Gasteiger partial charge in [-0.3, -0.25) is 10.2 Å². The molecule has 1 amide bonds. The van der Waals surface area contributed by atoms with Crippen LogP contribution in [-0.2, 0) is 16.0 Å². The summed E-state index contributed by atoms with van der Waals surface area (Å²) in [5.74, 6) is 0.873. The van der Waals surface area contributed by atoms with Crippen LogP contribution in [0.4, 0.5) is 0 Å². The first-order valence-corrected chi connectivity index (χ1v) is 10.8. The van der Waals surface area contributed by atoms with Gasteiger partial charge in [0.2, 0.25) is 5.90 Å². The van der Waals surface area contributed by atoms with Gasteiger partial charge in [0.1, 0.15) is 12.4 Å². The molecule has 7 heteroatoms. The van der Waals surface area contributed by atoms with E-state index >= 15 is 0 Å². The lowest BCUT2D eigenvalue weighted by Crippen LogP contribution is -2.51. The number of aliphatic imine (C=N–C) groups is 1. The minimum absolute atomic E-state index is 0.0942. The first kappa shape index (κ1) is 23.5. The Morgan fingerprint density at radius 2 is 2.00 bits per heavy atom. The molecule has 2 aromatic rings. The summed E-state index contributed by atoms with van der Waals surface area (Å²) in [7, 11) is 0. The molecule has 32 heavy (non-hydrogen) atoms. The number of carbonyl (C=O) groups is 1. The second-order valence-corrected chi connectivity index (χ2v) is 7.80. The quantitative estimate of drug-likeness (QED) is 0.270. The number of aliphatic hydroxyl groups excluding tert-OH is 1. The highest BCUT2D eigenvalue weighted by Crippen LogP contribution is 2.27. The normalized spacial score (nSPS) is 17.4. The van der Waals surface area contributed by atoms with Crippen LogP contribution in [0.15, 0.2) is 66.2 Å². The maximum Gasteiger partial charge on any atom is 0.266 e. The molecule has 0 unspecified atom stereocenters. The molecular formula is C25H31N3O4. The van der Waals surface area contributed by atoms with E-state index in [1.165, 1.54) is 11.1 Å². The summed E-state index contributed by atoms with van der Waals surface area (Å²) in [6, 6.07) is 15.6. The number of carbonyl (C=O) groups excluding carboxylic acids is 1. The van der Waals surface area contributed by atoms with Gasteiger partial charge in [-0.15, -0.1) is 6.58 Å². The van der Waals surface area contributed by atoms with E-state index in [1.807, 2.05) is 24.3 Å². The van der Waals surface area contributed by atoms with E-state index in [0.717, 1.165) is 12.0 Å². The summed E-state index contributed by atoms with van der Waals surface area (Å²) in [6.07, 6.45) is 3.42. The molecule has 170 valence electrons. The fraction of sp³-hybridized carbons (Fsp3) is 0.360. The molecule has 1 heterocycles. The monoisotopic (exact) mass is 437 g/mol. The summed E-state index contributed by atoms with van der Waals surface area (Å²) < 4.78 is 11.3. The van der Waals surface area contributed by atoms with E-state index in [9.17, 15) is 4.79 Å². The fourth-order valence-corrected chi connectivity index (χ4v) is 3.32. The molecule has 0 saturated carbocycles. The van der Waals surface area contributed by atoms with E-state index in [-0.39, 0.29) is 19.1 Å². The van der Waals surface area contributed by atoms with Gasteiger partial charge in [-0.2, -0.15) is 0 Å². The van der Waals surface area contributed by atoms with Gasteiger partial charge in [-0.1, -0.05) is 35.9 Å². The van der Waals surface area contributed by atoms with Crippen LogP contribution in [0.2, 0.25) is 0 Å². The first-order chi connectivity index (χ1) is 15.6. The molecule has 1 aliphatic rings. The highest BCUT2D eigenvalue weighted by Gasteiger charge is 2.43. The molecule has 3 rings (SSSR count). The van der Waals surface area contributed by atoms with Crippen molar-refractivity contribution >= 4 is 11.8 Å². The zero-order valence-corrected chi connectivity index (χ0v) is 18.5. The molecule has 0 radical (unpaired) electrons. The number of hydrazine groups is 1. The molecular weight excluding hydrogens is 406 g/mol. The third-order valence-corrected chi connectivity index (χ3v) is 5.20. The van der Waals surface area contributed by atoms with Gasteiger partial charge in [-0.25, -0.2) is 10.4 Å². The Bertz CT molecular complexity index is 925. The van der Waals surface area contributed by atoms with E-state index in [1.54, 1.807) is 6.08 Å². The van der Waals surface area contributed by atoms with Crippen molar-refractivity contribution in [2.45, 2.75) is 31.7 Å². The largest absolute Gasteiger partial charge is 0.494 e. The van der Waals surface area contributed by atoms with E-state index in [2.05, 4.69) is 53.6 Å². The molecule has 0 fully saturated rings. The smallest absolute Gasteiger partial charge is 0.266 e. The maximum atomic E-state index is 12.9. The van der Waals surface area contributed by atoms with Crippen LogP contribution in [0, 0.1) is 6.92 Å². The van der Waals surface area contributed by atoms with Crippen molar-refractivity contribution < 1.29 is 19.4 Å². The average Bonchev–Trinajstić information content (AvgIpc) is 3.24. The van der Waals surface area contributed by atoms with Crippen molar-refractivity contribution in [2.75, 3.05) is 26.4 Å². The number of hydrogen-bond donors (Lipinski definition) is 3. The summed E-state index contributed by atoms with van der Waals surface area (Å²) >= 11 is 0. The number of amides is 1. The standard InChI is InChI=1S/C25H31N3O4/c1-3-14-25(24(30)28-26-15-13-20-7-5-19(2)6-8-20)18-32-23(27-25)21-9-11-22(12-10-21)31-17-4-16-29/h3,5-12,26,29H,1,4,13-18H2,2H3,(H,28,30)/t25-/m0/s1. The van der Waals surface area contributed by atoms with Crippen LogP contribution in [0.5, 0.6) is 5.75 Å². The van der Waals surface area contributed by atoms with Crippen LogP contribution < -0.4 is 15.6 Å². The first-order valence-electron chi connectivity index (χ1n) is 10.8. The summed E-state index contributed by atoms with van der Waals surface area (Å²) in [6.45, 7) is 7.14. The van der Waals surface area contributed by atoms with Crippen LogP contribution >= 0.6 is 0 Å². The van der Waals surface area contributed by atoms with E-state index in [0.29, 0.717) is 37.6 Å². The number of hydrogen-bond acceptors (Lipinski definition) is 6. The Balaban J connectivity index is 1.58. The molecule has 7 nitrogen and oxygen atoms in total. The molecule has 1 atom stereocenters. The molecule has 0 aliphatic carbocycles. The fourth-order valence-electron chi connectivity index (χ4n) is 3.32. The maximum absolute atomic E-state index is 12.9. The zero-order valence-electron chi connectivity index (χ0n) is 18.5. The summed E-state index contributed by atoms with van der Waals surface area (Å²) in [5, 5.41) is 8.84. The Morgan fingerprint density at radius 3 is 2.69 bits per heavy atom. The van der Waals surface area contributed by atoms with Crippen molar-refractivity contribution in [1.82, 2.24) is 10.9 Å². The Hall–Kier alpha value is -3.16. The van der Waals surface area contributed by atoms with Gasteiger partial charge in [0.05, 0.1) is 6.61 Å². The number of aliphatic hydroxyl groups is 1. The van der Waals surface area contributed by atoms with Crippen molar-refractivity contribution in [3.63, 3.8) is 0 Å². The second-order valence-electron chi connectivity index (χ2n) is 7.80. The number of aryl methyl sites for hydroxylation is 1. The summed E-state index contributed by atoms with van der Waals surface area (Å²) in [4.78, 5) is 17.6. The average molecular weight is 438 g/mol. The van der Waals surface area contributed by atoms with Crippen LogP contribution in [0.1, 0.15) is 29.5 Å². The molecule has 0 bridgehead atoms. The highest BCUT2D eigenvalue weighted by molar-refractivity contribution is 6.00. The van der Waals surface area contributed by atoms with Gasteiger partial charge in [-0.05, 0) is 43.2 Å². The predicted octanol–water partition coefficient (Wildman–Crippen LogP) is 2.71. The van der Waals surface area contributed by atoms with Crippen LogP contribution in [0.3, 0.4) is 0 Å². The van der Waals surface area contributed by atoms with Gasteiger partial charge in [0.15, 0.2) is 5.54 Å². The van der Waals surface area contributed by atoms with Gasteiger partial charge >= 0.3 is 0 Å². The molecule has 0 saturated heterocycles. The van der Waals surface area contributed by atoms with Gasteiger partial charge in [0, 0.05) is 31.6 Å². The second kappa shape index (κ2) is 11.5. The lowest BCUT2D eigenvalue weighted by molar-refractivity contribution is -0.127. The lowest BCUT2D eigenvalue weighted by atomic mass is 9.97. The molecule has 0 aromatic heterocycles. The number of rotatable bonds is 12. The number of ether oxygens (including phenoxy) is 2. The number of nitrogens with zero attached hydrogens (tertiary/aromatic N) is 1. The van der Waals surface area contributed by atoms with Crippen molar-refractivity contribution in [2.24, 2.45) is 4.99 Å². The van der Waals surface area contributed by atoms with Crippen molar-refractivity contribution in [1.29, 1.82) is 0 Å². The Kier molecular flexibility index (Phi) is 8.41. The SMILES string of the molecule is C=CC[C@@]1(C(=O)NNCCc2ccc(C)cc2)COC(c2ccc(OCCCO)cc2)=N1. The number of benzene rings is 2.